The molecule has 0 saturated heterocycles. The molecule has 0 aromatic carbocycles. The van der Waals surface area contributed by atoms with Crippen LogP contribution in [-0.2, 0) is 20.0 Å². The molecule has 2 aromatic heterocycles. The molecule has 0 aliphatic rings. The van der Waals surface area contributed by atoms with Crippen molar-refractivity contribution in [2.45, 2.75) is 26.8 Å². The Morgan fingerprint density at radius 3 is 2.41 bits per heavy atom. The minimum atomic E-state index is 1.04. The number of aryl methyl sites for hydroxylation is 4. The highest BCUT2D eigenvalue weighted by Gasteiger charge is 2.08. The lowest BCUT2D eigenvalue weighted by Crippen LogP contribution is -2.38. The molecule has 2 heteroatoms. The molecule has 0 radical (unpaired) electrons. The van der Waals surface area contributed by atoms with E-state index >= 15 is 0 Å². The molecule has 0 aliphatic heterocycles. The zero-order valence-corrected chi connectivity index (χ0v) is 10.9. The van der Waals surface area contributed by atoms with Crippen molar-refractivity contribution in [1.29, 1.82) is 0 Å². The lowest BCUT2D eigenvalue weighted by Gasteiger charge is -2.02. The van der Waals surface area contributed by atoms with Crippen LogP contribution in [0.25, 0.3) is 0 Å². The van der Waals surface area contributed by atoms with Crippen LogP contribution in [0.4, 0.5) is 0 Å². The van der Waals surface area contributed by atoms with E-state index in [2.05, 4.69) is 65.8 Å². The summed E-state index contributed by atoms with van der Waals surface area (Å²) in [5, 5.41) is 0. The van der Waals surface area contributed by atoms with E-state index in [4.69, 9.17) is 0 Å². The van der Waals surface area contributed by atoms with Crippen molar-refractivity contribution in [3.05, 3.63) is 59.7 Å². The monoisotopic (exact) mass is 228 g/mol. The highest BCUT2D eigenvalue weighted by Crippen LogP contribution is 2.01. The van der Waals surface area contributed by atoms with Crippen molar-refractivity contribution >= 4 is 0 Å². The van der Waals surface area contributed by atoms with E-state index in [0.29, 0.717) is 0 Å². The first-order chi connectivity index (χ1) is 8.16. The second-order valence-electron chi connectivity index (χ2n) is 4.59. The third-order valence-electron chi connectivity index (χ3n) is 3.30. The maximum absolute atomic E-state index is 2.32. The fraction of sp³-hybridized carbons (Fsp3) is 0.333. The molecule has 2 aromatic rings. The topological polar surface area (TPSA) is 7.76 Å². The quantitative estimate of drug-likeness (QED) is 0.706. The van der Waals surface area contributed by atoms with Crippen LogP contribution in [0.15, 0.2) is 42.9 Å². The van der Waals surface area contributed by atoms with E-state index in [1.807, 2.05) is 7.05 Å². The molecule has 88 valence electrons. The van der Waals surface area contributed by atoms with Gasteiger partial charge in [0.2, 0.25) is 0 Å². The Hall–Kier alpha value is -1.70. The normalized spacial score (nSPS) is 10.5. The molecule has 0 saturated carbocycles. The first-order valence-electron chi connectivity index (χ1n) is 6.06. The van der Waals surface area contributed by atoms with Gasteiger partial charge in [-0.3, -0.25) is 0 Å². The predicted molar refractivity (Wildman–Crippen MR) is 67.4 cm³/mol. The molecule has 2 rings (SSSR count). The maximum atomic E-state index is 2.32. The fourth-order valence-electron chi connectivity index (χ4n) is 1.94. The summed E-state index contributed by atoms with van der Waals surface area (Å²) in [5.74, 6) is 0. The largest absolute Gasteiger partial charge is 0.208 e. The zero-order valence-electron chi connectivity index (χ0n) is 10.9. The Morgan fingerprint density at radius 2 is 1.71 bits per heavy atom. The molecule has 0 bridgehead atoms. The predicted octanol–water partition coefficient (Wildman–Crippen LogP) is 1.66. The summed E-state index contributed by atoms with van der Waals surface area (Å²) in [6.07, 6.45) is 7.44. The van der Waals surface area contributed by atoms with Crippen LogP contribution in [0.1, 0.15) is 16.8 Å². The van der Waals surface area contributed by atoms with Crippen molar-refractivity contribution in [3.8, 4) is 0 Å². The molecule has 0 atom stereocenters. The first kappa shape index (κ1) is 11.8. The zero-order chi connectivity index (χ0) is 12.3. The smallest absolute Gasteiger partial charge is 0.181 e. The van der Waals surface area contributed by atoms with Gasteiger partial charge in [-0.05, 0) is 18.6 Å². The second kappa shape index (κ2) is 5.09. The third kappa shape index (κ3) is 2.90. The molecule has 0 spiro atoms. The van der Waals surface area contributed by atoms with Gasteiger partial charge in [-0.2, -0.15) is 0 Å². The lowest BCUT2D eigenvalue weighted by atomic mass is 10.2. The summed E-state index contributed by atoms with van der Waals surface area (Å²) in [7, 11) is 2.04. The molecule has 0 fully saturated rings. The maximum Gasteiger partial charge on any atom is 0.181 e. The van der Waals surface area contributed by atoms with Gasteiger partial charge in [0, 0.05) is 37.1 Å². The van der Waals surface area contributed by atoms with Crippen LogP contribution in [0.5, 0.6) is 0 Å². The molecular formula is C15H20N2+2. The number of nitrogens with zero attached hydrogens (tertiary/aromatic N) is 2. The van der Waals surface area contributed by atoms with Gasteiger partial charge >= 0.3 is 0 Å². The highest BCUT2D eigenvalue weighted by molar-refractivity contribution is 5.11. The summed E-state index contributed by atoms with van der Waals surface area (Å²) in [4.78, 5) is 0. The third-order valence-corrected chi connectivity index (χ3v) is 3.30. The van der Waals surface area contributed by atoms with Gasteiger partial charge in [0.05, 0.1) is 0 Å². The van der Waals surface area contributed by atoms with Crippen molar-refractivity contribution in [2.75, 3.05) is 0 Å². The minimum absolute atomic E-state index is 1.04. The number of hydrogen-bond acceptors (Lipinski definition) is 0. The summed E-state index contributed by atoms with van der Waals surface area (Å²) < 4.78 is 4.39. The van der Waals surface area contributed by atoms with Crippen LogP contribution in [0, 0.1) is 13.8 Å². The summed E-state index contributed by atoms with van der Waals surface area (Å²) in [6, 6.07) is 8.65. The van der Waals surface area contributed by atoms with E-state index < -0.39 is 0 Å². The number of aromatic nitrogens is 2. The van der Waals surface area contributed by atoms with Crippen LogP contribution >= 0.6 is 0 Å². The lowest BCUT2D eigenvalue weighted by molar-refractivity contribution is -0.702. The highest BCUT2D eigenvalue weighted by atomic mass is 14.9. The van der Waals surface area contributed by atoms with Crippen LogP contribution in [0.2, 0.25) is 0 Å². The standard InChI is InChI=1S/C15H20N2/c1-13-5-4-9-17(14(13)2)12-8-15-6-10-16(3)11-7-15/h4-7,9-11H,8,12H2,1-3H3/q+2. The van der Waals surface area contributed by atoms with Crippen molar-refractivity contribution < 1.29 is 9.13 Å². The minimum Gasteiger partial charge on any atom is -0.208 e. The van der Waals surface area contributed by atoms with Crippen molar-refractivity contribution in [3.63, 3.8) is 0 Å². The average Bonchev–Trinajstić information content (AvgIpc) is 2.33. The Morgan fingerprint density at radius 1 is 1.00 bits per heavy atom. The van der Waals surface area contributed by atoms with Crippen molar-refractivity contribution in [2.24, 2.45) is 7.05 Å². The molecule has 0 unspecified atom stereocenters. The molecular weight excluding hydrogens is 208 g/mol. The molecule has 2 heterocycles. The van der Waals surface area contributed by atoms with E-state index in [9.17, 15) is 0 Å². The molecule has 2 nitrogen and oxygen atoms in total. The summed E-state index contributed by atoms with van der Waals surface area (Å²) >= 11 is 0. The van der Waals surface area contributed by atoms with Gasteiger partial charge in [0.25, 0.3) is 0 Å². The summed E-state index contributed by atoms with van der Waals surface area (Å²) in [6.45, 7) is 5.38. The van der Waals surface area contributed by atoms with Gasteiger partial charge in [-0.15, -0.1) is 0 Å². The fourth-order valence-corrected chi connectivity index (χ4v) is 1.94. The van der Waals surface area contributed by atoms with Crippen LogP contribution < -0.4 is 9.13 Å². The molecule has 17 heavy (non-hydrogen) atoms. The van der Waals surface area contributed by atoms with Gasteiger partial charge < -0.3 is 0 Å². The van der Waals surface area contributed by atoms with Gasteiger partial charge in [-0.25, -0.2) is 9.13 Å². The molecule has 0 amide bonds. The molecule has 0 N–H and O–H groups in total. The number of pyridine rings is 2. The van der Waals surface area contributed by atoms with Crippen LogP contribution in [-0.4, -0.2) is 0 Å². The summed E-state index contributed by atoms with van der Waals surface area (Å²) in [5.41, 5.74) is 4.09. The van der Waals surface area contributed by atoms with E-state index in [1.165, 1.54) is 16.8 Å². The van der Waals surface area contributed by atoms with E-state index in [-0.39, 0.29) is 0 Å². The van der Waals surface area contributed by atoms with E-state index in [1.54, 1.807) is 0 Å². The van der Waals surface area contributed by atoms with Gasteiger partial charge in [-0.1, -0.05) is 0 Å². The Bertz CT molecular complexity index is 501. The number of hydrogen-bond donors (Lipinski definition) is 0. The van der Waals surface area contributed by atoms with E-state index in [0.717, 1.165) is 13.0 Å². The van der Waals surface area contributed by atoms with Gasteiger partial charge in [0.15, 0.2) is 30.8 Å². The van der Waals surface area contributed by atoms with Crippen molar-refractivity contribution in [1.82, 2.24) is 0 Å². The average molecular weight is 228 g/mol. The molecule has 0 aliphatic carbocycles. The number of rotatable bonds is 3. The Labute approximate surface area is 103 Å². The van der Waals surface area contributed by atoms with Gasteiger partial charge in [0.1, 0.15) is 7.05 Å². The Kier molecular flexibility index (Phi) is 3.52. The second-order valence-corrected chi connectivity index (χ2v) is 4.59. The Balaban J connectivity index is 2.07. The SMILES string of the molecule is Cc1ccc[n+](CCc2cc[n+](C)cc2)c1C. The first-order valence-corrected chi connectivity index (χ1v) is 6.06. The van der Waals surface area contributed by atoms with Crippen LogP contribution in [0.3, 0.4) is 0 Å².